The Morgan fingerprint density at radius 3 is 2.30 bits per heavy atom. The van der Waals surface area contributed by atoms with Gasteiger partial charge in [0, 0.05) is 18.8 Å². The fourth-order valence-corrected chi connectivity index (χ4v) is 6.40. The van der Waals surface area contributed by atoms with Crippen LogP contribution in [-0.4, -0.2) is 71.5 Å². The van der Waals surface area contributed by atoms with Crippen LogP contribution in [0.3, 0.4) is 0 Å². The third-order valence-corrected chi connectivity index (χ3v) is 8.39. The molecule has 0 bridgehead atoms. The van der Waals surface area contributed by atoms with E-state index >= 15 is 0 Å². The summed E-state index contributed by atoms with van der Waals surface area (Å²) >= 11 is 1.52. The lowest BCUT2D eigenvalue weighted by atomic mass is 9.73. The summed E-state index contributed by atoms with van der Waals surface area (Å²) in [5, 5.41) is 2.84. The van der Waals surface area contributed by atoms with Crippen LogP contribution in [0.1, 0.15) is 47.3 Å². The van der Waals surface area contributed by atoms with Crippen LogP contribution in [0.25, 0.3) is 11.1 Å². The Morgan fingerprint density at radius 1 is 1.00 bits per heavy atom. The van der Waals surface area contributed by atoms with Crippen molar-refractivity contribution >= 4 is 23.6 Å². The topological polar surface area (TPSA) is 87.3 Å². The Morgan fingerprint density at radius 2 is 1.65 bits per heavy atom. The number of benzene rings is 2. The molecule has 1 aliphatic heterocycles. The number of nitrogens with one attached hydrogen (secondary N) is 2. The third-order valence-electron chi connectivity index (χ3n) is 7.42. The van der Waals surface area contributed by atoms with Crippen molar-refractivity contribution in [2.45, 2.75) is 42.4 Å². The molecular weight excluding hydrogens is 541 g/mol. The third kappa shape index (κ3) is 5.90. The number of hydrogen-bond acceptors (Lipinski definition) is 5. The van der Waals surface area contributed by atoms with Gasteiger partial charge in [0.1, 0.15) is 17.7 Å². The minimum atomic E-state index is -4.50. The second-order valence-electron chi connectivity index (χ2n) is 9.96. The van der Waals surface area contributed by atoms with Gasteiger partial charge in [-0.25, -0.2) is 4.98 Å². The average Bonchev–Trinajstić information content (AvgIpc) is 3.55. The molecule has 1 aliphatic carbocycles. The molecule has 7 nitrogen and oxygen atoms in total. The zero-order chi connectivity index (χ0) is 28.2. The molecule has 2 aliphatic rings. The number of halogens is 3. The van der Waals surface area contributed by atoms with Crippen molar-refractivity contribution in [1.29, 1.82) is 0 Å². The van der Waals surface area contributed by atoms with Gasteiger partial charge < -0.3 is 19.9 Å². The van der Waals surface area contributed by atoms with E-state index in [0.29, 0.717) is 50.0 Å². The van der Waals surface area contributed by atoms with Crippen molar-refractivity contribution in [3.05, 3.63) is 71.5 Å². The van der Waals surface area contributed by atoms with Crippen molar-refractivity contribution in [2.24, 2.45) is 0 Å². The van der Waals surface area contributed by atoms with Crippen LogP contribution < -0.4 is 5.32 Å². The number of amides is 2. The summed E-state index contributed by atoms with van der Waals surface area (Å²) < 4.78 is 44.4. The maximum atomic E-state index is 13.6. The molecule has 1 aromatic heterocycles. The van der Waals surface area contributed by atoms with Crippen LogP contribution in [0.2, 0.25) is 0 Å². The normalized spacial score (nSPS) is 15.9. The number of H-pyrrole nitrogens is 1. The number of nitrogens with zero attached hydrogens (tertiary/aromatic N) is 2. The first-order valence-corrected chi connectivity index (χ1v) is 14.4. The summed E-state index contributed by atoms with van der Waals surface area (Å²) in [7, 11) is 0. The molecule has 1 fully saturated rings. The Bertz CT molecular complexity index is 1310. The van der Waals surface area contributed by atoms with Crippen LogP contribution in [0, 0.1) is 0 Å². The second-order valence-corrected chi connectivity index (χ2v) is 11.0. The summed E-state index contributed by atoms with van der Waals surface area (Å²) in [6.45, 7) is 0.817. The van der Waals surface area contributed by atoms with E-state index < -0.39 is 24.0 Å². The second kappa shape index (κ2) is 12.1. The number of carbonyl (C=O) groups is 2. The molecule has 5 rings (SSSR count). The first kappa shape index (κ1) is 28.2. The predicted octanol–water partition coefficient (Wildman–Crippen LogP) is 5.18. The number of fused-ring (bicyclic) bond motifs is 3. The van der Waals surface area contributed by atoms with Crippen molar-refractivity contribution < 1.29 is 27.5 Å². The highest BCUT2D eigenvalue weighted by molar-refractivity contribution is 7.99. The van der Waals surface area contributed by atoms with E-state index in [0.717, 1.165) is 40.8 Å². The fraction of sp³-hybridized carbons (Fsp3) is 0.414. The number of aromatic amines is 1. The van der Waals surface area contributed by atoms with Gasteiger partial charge in [0.2, 0.25) is 5.91 Å². The van der Waals surface area contributed by atoms with Crippen molar-refractivity contribution in [2.75, 3.05) is 38.6 Å². The first-order chi connectivity index (χ1) is 19.3. The summed E-state index contributed by atoms with van der Waals surface area (Å²) in [6, 6.07) is 15.0. The van der Waals surface area contributed by atoms with Gasteiger partial charge in [-0.05, 0) is 35.1 Å². The number of morpholine rings is 1. The number of hydrogen-bond donors (Lipinski definition) is 2. The Hall–Kier alpha value is -3.31. The Labute approximate surface area is 234 Å². The number of unbranched alkanes of at least 4 members (excludes halogenated alkanes) is 2. The highest BCUT2D eigenvalue weighted by atomic mass is 32.2. The van der Waals surface area contributed by atoms with Crippen LogP contribution >= 0.6 is 11.8 Å². The van der Waals surface area contributed by atoms with E-state index in [4.69, 9.17) is 4.74 Å². The van der Waals surface area contributed by atoms with Crippen LogP contribution in [0.4, 0.5) is 13.2 Å². The van der Waals surface area contributed by atoms with Crippen LogP contribution in [0.5, 0.6) is 0 Å². The van der Waals surface area contributed by atoms with Gasteiger partial charge in [-0.15, -0.1) is 0 Å². The molecule has 2 N–H and O–H groups in total. The fourth-order valence-electron chi connectivity index (χ4n) is 5.54. The standard InChI is InChI=1S/C29H31F3N4O3S/c30-29(31,32)19-34-26(38)28(22-10-4-2-8-20(22)21-9-3-5-11-23(21)28)12-6-1-7-17-40-27-33-18-24(35-27)25(37)36-13-15-39-16-14-36/h2-5,8-11,18H,1,6-7,12-17,19H2,(H,33,35)(H,34,38). The van der Waals surface area contributed by atoms with Crippen molar-refractivity contribution in [1.82, 2.24) is 20.2 Å². The van der Waals surface area contributed by atoms with Gasteiger partial charge >= 0.3 is 6.18 Å². The zero-order valence-electron chi connectivity index (χ0n) is 21.9. The summed E-state index contributed by atoms with van der Waals surface area (Å²) in [4.78, 5) is 35.3. The monoisotopic (exact) mass is 572 g/mol. The molecule has 2 amide bonds. The van der Waals surface area contributed by atoms with E-state index in [2.05, 4.69) is 15.3 Å². The Balaban J connectivity index is 1.21. The molecule has 0 saturated carbocycles. The summed E-state index contributed by atoms with van der Waals surface area (Å²) in [5.41, 5.74) is 2.54. The lowest BCUT2D eigenvalue weighted by Gasteiger charge is -2.31. The van der Waals surface area contributed by atoms with E-state index in [-0.39, 0.29) is 5.91 Å². The highest BCUT2D eigenvalue weighted by Gasteiger charge is 2.49. The molecular formula is C29H31F3N4O3S. The number of rotatable bonds is 10. The quantitative estimate of drug-likeness (QED) is 0.258. The summed E-state index contributed by atoms with van der Waals surface area (Å²) in [6.07, 6.45) is -0.286. The number of alkyl halides is 3. The maximum absolute atomic E-state index is 13.6. The van der Waals surface area contributed by atoms with Gasteiger partial charge in [0.15, 0.2) is 5.16 Å². The SMILES string of the molecule is O=C(c1cnc(SCCCCCC2(C(=O)NCC(F)(F)F)c3ccccc3-c3ccccc32)[nH]1)N1CCOCC1. The van der Waals surface area contributed by atoms with Crippen LogP contribution in [0.15, 0.2) is 59.9 Å². The number of aromatic nitrogens is 2. The molecule has 11 heteroatoms. The van der Waals surface area contributed by atoms with Crippen molar-refractivity contribution in [3.63, 3.8) is 0 Å². The molecule has 1 saturated heterocycles. The molecule has 40 heavy (non-hydrogen) atoms. The number of carbonyl (C=O) groups excluding carboxylic acids is 2. The van der Waals surface area contributed by atoms with E-state index in [1.54, 1.807) is 11.1 Å². The molecule has 0 unspecified atom stereocenters. The molecule has 0 radical (unpaired) electrons. The van der Waals surface area contributed by atoms with E-state index in [9.17, 15) is 22.8 Å². The lowest BCUT2D eigenvalue weighted by Crippen LogP contribution is -2.47. The molecule has 0 atom stereocenters. The van der Waals surface area contributed by atoms with Gasteiger partial charge in [0.25, 0.3) is 5.91 Å². The zero-order valence-corrected chi connectivity index (χ0v) is 22.7. The largest absolute Gasteiger partial charge is 0.405 e. The molecule has 3 aromatic rings. The van der Waals surface area contributed by atoms with E-state index in [1.807, 2.05) is 48.5 Å². The molecule has 0 spiro atoms. The lowest BCUT2D eigenvalue weighted by molar-refractivity contribution is -0.141. The summed E-state index contributed by atoms with van der Waals surface area (Å²) in [5.74, 6) is 0.0394. The number of ether oxygens (including phenoxy) is 1. The predicted molar refractivity (Wildman–Crippen MR) is 146 cm³/mol. The van der Waals surface area contributed by atoms with Gasteiger partial charge in [0.05, 0.1) is 19.4 Å². The smallest absolute Gasteiger partial charge is 0.378 e. The maximum Gasteiger partial charge on any atom is 0.405 e. The minimum Gasteiger partial charge on any atom is -0.378 e. The van der Waals surface area contributed by atoms with E-state index in [1.165, 1.54) is 11.8 Å². The Kier molecular flexibility index (Phi) is 8.51. The average molecular weight is 573 g/mol. The van der Waals surface area contributed by atoms with Gasteiger partial charge in [-0.1, -0.05) is 73.1 Å². The molecule has 2 aromatic carbocycles. The van der Waals surface area contributed by atoms with Gasteiger partial charge in [-0.2, -0.15) is 13.2 Å². The molecule has 212 valence electrons. The minimum absolute atomic E-state index is 0.0890. The van der Waals surface area contributed by atoms with Crippen LogP contribution in [-0.2, 0) is 14.9 Å². The highest BCUT2D eigenvalue weighted by Crippen LogP contribution is 2.51. The number of imidazole rings is 1. The number of thioether (sulfide) groups is 1. The van der Waals surface area contributed by atoms with Gasteiger partial charge in [-0.3, -0.25) is 9.59 Å². The molecule has 2 heterocycles. The first-order valence-electron chi connectivity index (χ1n) is 13.4. The van der Waals surface area contributed by atoms with Crippen molar-refractivity contribution in [3.8, 4) is 11.1 Å².